The standard InChI is InChI=1S/C29H24ClF2N7O2/c1-15(40)29-21-8-17(18-11-33-16(2)34-12-18)6-7-25(21)39(37-29)14-27(41)38-13-19(31)9-26(38)24-10-23(35-36-24)20-4-3-5-22(30)28(20)32/h3-8,11-12,19,26H,9-10,13-14H2,1-2H3/t19-,26-/m1/s1. The van der Waals surface area contributed by atoms with Gasteiger partial charge in [0.2, 0.25) is 5.91 Å². The average molecular weight is 576 g/mol. The molecule has 4 heterocycles. The second-order valence-electron chi connectivity index (χ2n) is 10.1. The number of aryl methyl sites for hydroxylation is 1. The zero-order valence-electron chi connectivity index (χ0n) is 22.2. The number of hydrogen-bond donors (Lipinski definition) is 0. The van der Waals surface area contributed by atoms with Gasteiger partial charge in [-0.15, -0.1) is 0 Å². The number of fused-ring (bicyclic) bond motifs is 1. The third-order valence-electron chi connectivity index (χ3n) is 7.35. The van der Waals surface area contributed by atoms with Gasteiger partial charge in [0.05, 0.1) is 34.5 Å². The molecule has 1 fully saturated rings. The van der Waals surface area contributed by atoms with E-state index in [1.54, 1.807) is 37.5 Å². The largest absolute Gasteiger partial charge is 0.330 e. The number of likely N-dealkylation sites (tertiary alicyclic amines) is 1. The fraction of sp³-hybridized carbons (Fsp3) is 0.276. The molecular weight excluding hydrogens is 552 g/mol. The summed E-state index contributed by atoms with van der Waals surface area (Å²) in [5.41, 5.74) is 3.47. The minimum absolute atomic E-state index is 0.0316. The third kappa shape index (κ3) is 5.01. The minimum atomic E-state index is -1.25. The van der Waals surface area contributed by atoms with Crippen LogP contribution in [0.25, 0.3) is 22.0 Å². The van der Waals surface area contributed by atoms with E-state index in [0.717, 1.165) is 11.1 Å². The van der Waals surface area contributed by atoms with E-state index in [4.69, 9.17) is 11.6 Å². The highest BCUT2D eigenvalue weighted by Gasteiger charge is 2.40. The molecule has 0 bridgehead atoms. The van der Waals surface area contributed by atoms with E-state index < -0.39 is 18.0 Å². The van der Waals surface area contributed by atoms with E-state index in [1.807, 2.05) is 12.1 Å². The Hall–Kier alpha value is -4.38. The first-order valence-electron chi connectivity index (χ1n) is 13.0. The van der Waals surface area contributed by atoms with E-state index in [9.17, 15) is 18.4 Å². The molecule has 9 nitrogen and oxygen atoms in total. The van der Waals surface area contributed by atoms with Crippen LogP contribution in [-0.2, 0) is 11.3 Å². The lowest BCUT2D eigenvalue weighted by Gasteiger charge is -2.24. The predicted molar refractivity (Wildman–Crippen MR) is 151 cm³/mol. The summed E-state index contributed by atoms with van der Waals surface area (Å²) < 4.78 is 30.7. The molecule has 1 amide bonds. The van der Waals surface area contributed by atoms with Crippen LogP contribution >= 0.6 is 11.6 Å². The Kier molecular flexibility index (Phi) is 6.90. The van der Waals surface area contributed by atoms with E-state index in [-0.39, 0.29) is 53.9 Å². The molecule has 41 heavy (non-hydrogen) atoms. The smallest absolute Gasteiger partial charge is 0.244 e. The molecular formula is C29H24ClF2N7O2. The summed E-state index contributed by atoms with van der Waals surface area (Å²) in [5, 5.41) is 13.3. The van der Waals surface area contributed by atoms with Gasteiger partial charge in [0.1, 0.15) is 24.2 Å². The van der Waals surface area contributed by atoms with Crippen molar-refractivity contribution < 1.29 is 18.4 Å². The lowest BCUT2D eigenvalue weighted by Crippen LogP contribution is -2.42. The maximum atomic E-state index is 14.7. The molecule has 1 saturated heterocycles. The van der Waals surface area contributed by atoms with Crippen molar-refractivity contribution >= 4 is 45.6 Å². The van der Waals surface area contributed by atoms with Gasteiger partial charge in [0, 0.05) is 48.7 Å². The van der Waals surface area contributed by atoms with Crippen molar-refractivity contribution in [2.75, 3.05) is 6.54 Å². The fourth-order valence-corrected chi connectivity index (χ4v) is 5.48. The summed E-state index contributed by atoms with van der Waals surface area (Å²) >= 11 is 5.92. The molecule has 0 saturated carbocycles. The SMILES string of the molecule is CC(=O)c1nn(CC(=O)N2C[C@H](F)C[C@@H]2C2=NN=C(c3cccc(Cl)c3F)C2)c2ccc(-c3cnc(C)nc3)cc12. The van der Waals surface area contributed by atoms with Crippen LogP contribution in [0.4, 0.5) is 8.78 Å². The Balaban J connectivity index is 1.25. The van der Waals surface area contributed by atoms with Crippen LogP contribution in [0.15, 0.2) is 59.0 Å². The number of hydrogen-bond acceptors (Lipinski definition) is 7. The average Bonchev–Trinajstić information content (AvgIpc) is 3.68. The number of amides is 1. The van der Waals surface area contributed by atoms with Gasteiger partial charge in [-0.1, -0.05) is 29.8 Å². The van der Waals surface area contributed by atoms with E-state index in [0.29, 0.717) is 28.2 Å². The van der Waals surface area contributed by atoms with Crippen LogP contribution in [0, 0.1) is 12.7 Å². The number of benzene rings is 2. The number of rotatable bonds is 6. The summed E-state index contributed by atoms with van der Waals surface area (Å²) in [7, 11) is 0. The minimum Gasteiger partial charge on any atom is -0.330 e. The highest BCUT2D eigenvalue weighted by molar-refractivity contribution is 6.31. The second-order valence-corrected chi connectivity index (χ2v) is 10.5. The van der Waals surface area contributed by atoms with E-state index in [1.165, 1.54) is 22.6 Å². The van der Waals surface area contributed by atoms with Crippen molar-refractivity contribution in [1.82, 2.24) is 24.6 Å². The van der Waals surface area contributed by atoms with Crippen molar-refractivity contribution in [3.8, 4) is 11.1 Å². The summed E-state index contributed by atoms with van der Waals surface area (Å²) in [6, 6.07) is 9.44. The number of carbonyl (C=O) groups is 2. The molecule has 0 N–H and O–H groups in total. The van der Waals surface area contributed by atoms with Gasteiger partial charge in [0.25, 0.3) is 0 Å². The van der Waals surface area contributed by atoms with Gasteiger partial charge < -0.3 is 4.90 Å². The topological polar surface area (TPSA) is 106 Å². The number of aromatic nitrogens is 4. The van der Waals surface area contributed by atoms with Crippen LogP contribution in [0.2, 0.25) is 5.02 Å². The molecule has 0 radical (unpaired) electrons. The molecule has 4 aromatic rings. The highest BCUT2D eigenvalue weighted by Crippen LogP contribution is 2.30. The zero-order valence-corrected chi connectivity index (χ0v) is 22.9. The molecule has 12 heteroatoms. The maximum absolute atomic E-state index is 14.7. The van der Waals surface area contributed by atoms with E-state index in [2.05, 4.69) is 25.3 Å². The monoisotopic (exact) mass is 575 g/mol. The lowest BCUT2D eigenvalue weighted by molar-refractivity contribution is -0.131. The molecule has 2 aromatic heterocycles. The molecule has 2 aliphatic heterocycles. The van der Waals surface area contributed by atoms with Crippen molar-refractivity contribution in [3.63, 3.8) is 0 Å². The molecule has 2 aliphatic rings. The third-order valence-corrected chi connectivity index (χ3v) is 7.64. The summed E-state index contributed by atoms with van der Waals surface area (Å²) in [5.74, 6) is -0.586. The maximum Gasteiger partial charge on any atom is 0.244 e. The number of Topliss-reactive ketones (excluding diaryl/α,β-unsaturated/α-hetero) is 1. The van der Waals surface area contributed by atoms with Crippen LogP contribution in [0.3, 0.4) is 0 Å². The molecule has 0 spiro atoms. The number of ketones is 1. The van der Waals surface area contributed by atoms with Crippen molar-refractivity contribution in [2.24, 2.45) is 10.2 Å². The van der Waals surface area contributed by atoms with Crippen molar-refractivity contribution in [1.29, 1.82) is 0 Å². The van der Waals surface area contributed by atoms with Crippen LogP contribution in [0.1, 0.15) is 41.6 Å². The van der Waals surface area contributed by atoms with E-state index >= 15 is 0 Å². The normalized spacial score (nSPS) is 18.6. The number of halogens is 3. The van der Waals surface area contributed by atoms with Gasteiger partial charge in [-0.05, 0) is 30.7 Å². The van der Waals surface area contributed by atoms with Crippen LogP contribution in [-0.4, -0.2) is 66.5 Å². The molecule has 0 aliphatic carbocycles. The van der Waals surface area contributed by atoms with Crippen molar-refractivity contribution in [2.45, 2.75) is 45.4 Å². The van der Waals surface area contributed by atoms with Gasteiger partial charge in [-0.25, -0.2) is 18.7 Å². The van der Waals surface area contributed by atoms with Crippen molar-refractivity contribution in [3.05, 3.63) is 76.7 Å². The Morgan fingerprint density at radius 3 is 2.63 bits per heavy atom. The first-order chi connectivity index (χ1) is 19.7. The van der Waals surface area contributed by atoms with Crippen LogP contribution in [0.5, 0.6) is 0 Å². The lowest BCUT2D eigenvalue weighted by atomic mass is 9.99. The van der Waals surface area contributed by atoms with Gasteiger partial charge >= 0.3 is 0 Å². The molecule has 0 unspecified atom stereocenters. The highest BCUT2D eigenvalue weighted by atomic mass is 35.5. The molecule has 2 aromatic carbocycles. The number of alkyl halides is 1. The van der Waals surface area contributed by atoms with Gasteiger partial charge in [-0.2, -0.15) is 15.3 Å². The second kappa shape index (κ2) is 10.5. The Morgan fingerprint density at radius 1 is 1.10 bits per heavy atom. The molecule has 6 rings (SSSR count). The first kappa shape index (κ1) is 26.8. The number of carbonyl (C=O) groups excluding carboxylic acids is 2. The summed E-state index contributed by atoms with van der Waals surface area (Å²) in [4.78, 5) is 35.9. The molecule has 2 atom stereocenters. The Labute approximate surface area is 238 Å². The fourth-order valence-electron chi connectivity index (χ4n) is 5.30. The predicted octanol–water partition coefficient (Wildman–Crippen LogP) is 4.98. The quantitative estimate of drug-likeness (QED) is 0.301. The van der Waals surface area contributed by atoms with Gasteiger partial charge in [0.15, 0.2) is 11.6 Å². The van der Waals surface area contributed by atoms with Gasteiger partial charge in [-0.3, -0.25) is 14.3 Å². The van der Waals surface area contributed by atoms with Crippen LogP contribution < -0.4 is 0 Å². The summed E-state index contributed by atoms with van der Waals surface area (Å²) in [6.07, 6.45) is 2.38. The first-order valence-corrected chi connectivity index (χ1v) is 13.4. The Morgan fingerprint density at radius 2 is 1.88 bits per heavy atom. The Bertz CT molecular complexity index is 1770. The summed E-state index contributed by atoms with van der Waals surface area (Å²) in [6.45, 7) is 2.89. The number of nitrogens with zero attached hydrogens (tertiary/aromatic N) is 7. The zero-order chi connectivity index (χ0) is 28.8. The molecule has 208 valence electrons.